The SMILES string of the molecule is S=C(Nc1cccc(C=Cc2ccccn2)c1)NC1CC2CCC1C2. The minimum Gasteiger partial charge on any atom is -0.359 e. The first-order chi connectivity index (χ1) is 12.3. The maximum absolute atomic E-state index is 5.52. The number of aromatic nitrogens is 1. The molecule has 2 aliphatic rings. The molecule has 0 saturated heterocycles. The van der Waals surface area contributed by atoms with Gasteiger partial charge in [0.2, 0.25) is 0 Å². The van der Waals surface area contributed by atoms with E-state index in [1.165, 1.54) is 25.7 Å². The first kappa shape index (κ1) is 16.3. The molecule has 2 aliphatic carbocycles. The lowest BCUT2D eigenvalue weighted by molar-refractivity contribution is 0.392. The highest BCUT2D eigenvalue weighted by molar-refractivity contribution is 7.80. The van der Waals surface area contributed by atoms with Crippen LogP contribution in [0.4, 0.5) is 5.69 Å². The maximum atomic E-state index is 5.52. The number of hydrogen-bond donors (Lipinski definition) is 2. The monoisotopic (exact) mass is 349 g/mol. The number of rotatable bonds is 4. The topological polar surface area (TPSA) is 37.0 Å². The van der Waals surface area contributed by atoms with Crippen LogP contribution in [0.5, 0.6) is 0 Å². The van der Waals surface area contributed by atoms with Gasteiger partial charge in [-0.1, -0.05) is 30.7 Å². The average Bonchev–Trinajstić information content (AvgIpc) is 3.24. The Morgan fingerprint density at radius 1 is 1.08 bits per heavy atom. The Labute approximate surface area is 154 Å². The lowest BCUT2D eigenvalue weighted by atomic mass is 9.96. The first-order valence-electron chi connectivity index (χ1n) is 9.03. The van der Waals surface area contributed by atoms with Crippen molar-refractivity contribution < 1.29 is 0 Å². The van der Waals surface area contributed by atoms with Crippen molar-refractivity contribution in [1.82, 2.24) is 10.3 Å². The molecule has 0 spiro atoms. The number of hydrogen-bond acceptors (Lipinski definition) is 2. The summed E-state index contributed by atoms with van der Waals surface area (Å²) < 4.78 is 0. The lowest BCUT2D eigenvalue weighted by Gasteiger charge is -2.24. The van der Waals surface area contributed by atoms with Gasteiger partial charge in [0.15, 0.2) is 5.11 Å². The fourth-order valence-electron chi connectivity index (χ4n) is 4.13. The first-order valence-corrected chi connectivity index (χ1v) is 9.44. The second-order valence-electron chi connectivity index (χ2n) is 7.09. The second-order valence-corrected chi connectivity index (χ2v) is 7.50. The highest BCUT2D eigenvalue weighted by Gasteiger charge is 2.39. The number of anilines is 1. The summed E-state index contributed by atoms with van der Waals surface area (Å²) in [5.74, 6) is 1.74. The predicted molar refractivity (Wildman–Crippen MR) is 108 cm³/mol. The third-order valence-corrected chi connectivity index (χ3v) is 5.55. The van der Waals surface area contributed by atoms with Crippen molar-refractivity contribution >= 4 is 35.2 Å². The second kappa shape index (κ2) is 7.36. The van der Waals surface area contributed by atoms with Crippen LogP contribution in [0.1, 0.15) is 36.9 Å². The Bertz CT molecular complexity index is 772. The Morgan fingerprint density at radius 2 is 2.04 bits per heavy atom. The van der Waals surface area contributed by atoms with Gasteiger partial charge >= 0.3 is 0 Å². The van der Waals surface area contributed by atoms with E-state index in [2.05, 4.69) is 33.8 Å². The molecule has 3 nitrogen and oxygen atoms in total. The molecule has 0 amide bonds. The molecule has 3 unspecified atom stereocenters. The molecule has 4 rings (SSSR count). The maximum Gasteiger partial charge on any atom is 0.171 e. The van der Waals surface area contributed by atoms with Gasteiger partial charge in [-0.3, -0.25) is 4.98 Å². The minimum atomic E-state index is 0.561. The summed E-state index contributed by atoms with van der Waals surface area (Å²) >= 11 is 5.52. The van der Waals surface area contributed by atoms with Gasteiger partial charge in [0.25, 0.3) is 0 Å². The molecule has 0 radical (unpaired) electrons. The zero-order chi connectivity index (χ0) is 17.1. The Morgan fingerprint density at radius 3 is 2.80 bits per heavy atom. The Balaban J connectivity index is 1.36. The van der Waals surface area contributed by atoms with Gasteiger partial charge < -0.3 is 10.6 Å². The standard InChI is InChI=1S/C21H23N3S/c25-21(24-20-14-16-7-9-17(20)12-16)23-19-6-3-4-15(13-19)8-10-18-5-1-2-11-22-18/h1-6,8,10-11,13,16-17,20H,7,9,12,14H2,(H2,23,24,25). The van der Waals surface area contributed by atoms with Crippen LogP contribution in [0.25, 0.3) is 12.2 Å². The van der Waals surface area contributed by atoms with Crippen LogP contribution in [-0.2, 0) is 0 Å². The van der Waals surface area contributed by atoms with Crippen LogP contribution in [0.2, 0.25) is 0 Å². The van der Waals surface area contributed by atoms with E-state index in [1.54, 1.807) is 6.20 Å². The molecule has 2 bridgehead atoms. The van der Waals surface area contributed by atoms with Crippen molar-refractivity contribution in [1.29, 1.82) is 0 Å². The summed E-state index contributed by atoms with van der Waals surface area (Å²) in [6, 6.07) is 14.7. The predicted octanol–water partition coefficient (Wildman–Crippen LogP) is 4.73. The summed E-state index contributed by atoms with van der Waals surface area (Å²) in [4.78, 5) is 4.31. The molecule has 128 valence electrons. The number of nitrogens with zero attached hydrogens (tertiary/aromatic N) is 1. The van der Waals surface area contributed by atoms with Gasteiger partial charge in [-0.15, -0.1) is 0 Å². The van der Waals surface area contributed by atoms with Crippen LogP contribution in [0.3, 0.4) is 0 Å². The molecular formula is C21H23N3S. The van der Waals surface area contributed by atoms with Crippen LogP contribution in [-0.4, -0.2) is 16.1 Å². The van der Waals surface area contributed by atoms with Crippen molar-refractivity contribution in [3.8, 4) is 0 Å². The number of fused-ring (bicyclic) bond motifs is 2. The van der Waals surface area contributed by atoms with Gasteiger partial charge in [0.1, 0.15) is 0 Å². The van der Waals surface area contributed by atoms with Crippen molar-refractivity contribution in [3.05, 3.63) is 59.9 Å². The summed E-state index contributed by atoms with van der Waals surface area (Å²) in [5.41, 5.74) is 3.09. The zero-order valence-electron chi connectivity index (χ0n) is 14.2. The highest BCUT2D eigenvalue weighted by atomic mass is 32.1. The lowest BCUT2D eigenvalue weighted by Crippen LogP contribution is -2.40. The molecule has 1 heterocycles. The summed E-state index contributed by atoms with van der Waals surface area (Å²) in [6.45, 7) is 0. The molecule has 2 saturated carbocycles. The summed E-state index contributed by atoms with van der Waals surface area (Å²) in [6.07, 6.45) is 11.3. The zero-order valence-corrected chi connectivity index (χ0v) is 15.0. The molecule has 4 heteroatoms. The smallest absolute Gasteiger partial charge is 0.171 e. The van der Waals surface area contributed by atoms with Crippen molar-refractivity contribution in [3.63, 3.8) is 0 Å². The fraction of sp³-hybridized carbons (Fsp3) is 0.333. The average molecular weight is 350 g/mol. The van der Waals surface area contributed by atoms with Gasteiger partial charge in [-0.2, -0.15) is 0 Å². The van der Waals surface area contributed by atoms with Crippen LogP contribution in [0.15, 0.2) is 48.7 Å². The van der Waals surface area contributed by atoms with Crippen LogP contribution in [0, 0.1) is 11.8 Å². The normalized spacial score (nSPS) is 24.6. The molecule has 2 N–H and O–H groups in total. The number of benzene rings is 1. The number of thiocarbonyl (C=S) groups is 1. The van der Waals surface area contributed by atoms with Crippen LogP contribution < -0.4 is 10.6 Å². The quantitative estimate of drug-likeness (QED) is 0.783. The van der Waals surface area contributed by atoms with E-state index in [4.69, 9.17) is 12.2 Å². The molecule has 3 atom stereocenters. The highest BCUT2D eigenvalue weighted by Crippen LogP contribution is 2.44. The van der Waals surface area contributed by atoms with E-state index in [9.17, 15) is 0 Å². The molecule has 2 aromatic rings. The molecule has 0 aliphatic heterocycles. The van der Waals surface area contributed by atoms with E-state index in [0.717, 1.165) is 33.9 Å². The van der Waals surface area contributed by atoms with Crippen molar-refractivity contribution in [2.45, 2.75) is 31.7 Å². The molecule has 1 aromatic heterocycles. The van der Waals surface area contributed by atoms with Crippen LogP contribution >= 0.6 is 12.2 Å². The largest absolute Gasteiger partial charge is 0.359 e. The summed E-state index contributed by atoms with van der Waals surface area (Å²) in [5, 5.41) is 7.61. The number of pyridine rings is 1. The third kappa shape index (κ3) is 4.07. The third-order valence-electron chi connectivity index (χ3n) is 5.33. The van der Waals surface area contributed by atoms with Gasteiger partial charge in [0.05, 0.1) is 5.69 Å². The van der Waals surface area contributed by atoms with E-state index < -0.39 is 0 Å². The molecule has 2 fully saturated rings. The van der Waals surface area contributed by atoms with E-state index in [0.29, 0.717) is 6.04 Å². The molecule has 1 aromatic carbocycles. The molecular weight excluding hydrogens is 326 g/mol. The van der Waals surface area contributed by atoms with Gasteiger partial charge in [0, 0.05) is 17.9 Å². The fourth-order valence-corrected chi connectivity index (χ4v) is 4.40. The molecule has 25 heavy (non-hydrogen) atoms. The van der Waals surface area contributed by atoms with E-state index in [1.807, 2.05) is 36.4 Å². The minimum absolute atomic E-state index is 0.561. The van der Waals surface area contributed by atoms with Gasteiger partial charge in [-0.05, 0) is 79.2 Å². The Hall–Kier alpha value is -2.20. The number of nitrogens with one attached hydrogen (secondary N) is 2. The Kier molecular flexibility index (Phi) is 4.79. The van der Waals surface area contributed by atoms with Crippen molar-refractivity contribution in [2.75, 3.05) is 5.32 Å². The van der Waals surface area contributed by atoms with E-state index in [-0.39, 0.29) is 0 Å². The van der Waals surface area contributed by atoms with Gasteiger partial charge in [-0.25, -0.2) is 0 Å². The summed E-state index contributed by atoms with van der Waals surface area (Å²) in [7, 11) is 0. The van der Waals surface area contributed by atoms with E-state index >= 15 is 0 Å². The van der Waals surface area contributed by atoms with Crippen molar-refractivity contribution in [2.24, 2.45) is 11.8 Å².